The number of rotatable bonds is 9. The summed E-state index contributed by atoms with van der Waals surface area (Å²) >= 11 is 0. The molecule has 1 aromatic heterocycles. The number of methoxy groups -OCH3 is 1. The Morgan fingerprint density at radius 2 is 1.84 bits per heavy atom. The molecule has 0 bridgehead atoms. The van der Waals surface area contributed by atoms with Gasteiger partial charge in [-0.25, -0.2) is 4.98 Å². The second-order valence-corrected chi connectivity index (χ2v) is 8.57. The van der Waals surface area contributed by atoms with E-state index in [-0.39, 0.29) is 0 Å². The van der Waals surface area contributed by atoms with Crippen molar-refractivity contribution in [2.75, 3.05) is 46.5 Å². The molecule has 1 aliphatic rings. The summed E-state index contributed by atoms with van der Waals surface area (Å²) in [7, 11) is 1.66. The molecule has 0 radical (unpaired) electrons. The fraction of sp³-hybridized carbons (Fsp3) is 0.423. The van der Waals surface area contributed by atoms with E-state index in [2.05, 4.69) is 53.1 Å². The van der Waals surface area contributed by atoms with Crippen LogP contribution in [0.15, 0.2) is 54.6 Å². The maximum atomic E-state index is 10.9. The molecule has 6 heteroatoms. The Labute approximate surface area is 190 Å². The molecule has 32 heavy (non-hydrogen) atoms. The molecule has 0 spiro atoms. The Balaban J connectivity index is 1.53. The molecular weight excluding hydrogens is 402 g/mol. The van der Waals surface area contributed by atoms with Crippen LogP contribution in [0.4, 0.5) is 0 Å². The average Bonchev–Trinajstić information content (AvgIpc) is 2.80. The van der Waals surface area contributed by atoms with Crippen LogP contribution < -0.4 is 4.74 Å². The lowest BCUT2D eigenvalue weighted by Crippen LogP contribution is -2.44. The van der Waals surface area contributed by atoms with E-state index in [4.69, 9.17) is 14.5 Å². The molecule has 1 saturated heterocycles. The van der Waals surface area contributed by atoms with Crippen LogP contribution in [0.2, 0.25) is 0 Å². The Morgan fingerprint density at radius 3 is 2.59 bits per heavy atom. The molecule has 3 aromatic rings. The van der Waals surface area contributed by atoms with E-state index in [9.17, 15) is 5.11 Å². The van der Waals surface area contributed by atoms with Crippen molar-refractivity contribution in [3.8, 4) is 5.88 Å². The van der Waals surface area contributed by atoms with E-state index in [1.165, 1.54) is 11.1 Å². The summed E-state index contributed by atoms with van der Waals surface area (Å²) in [5.41, 5.74) is 4.41. The first-order chi connectivity index (χ1) is 15.6. The number of ether oxygens (including phenoxy) is 2. The van der Waals surface area contributed by atoms with Crippen LogP contribution >= 0.6 is 0 Å². The second kappa shape index (κ2) is 10.9. The van der Waals surface area contributed by atoms with Gasteiger partial charge in [0.1, 0.15) is 0 Å². The van der Waals surface area contributed by atoms with Gasteiger partial charge in [-0.15, -0.1) is 0 Å². The van der Waals surface area contributed by atoms with Gasteiger partial charge in [0.2, 0.25) is 5.88 Å². The lowest BCUT2D eigenvalue weighted by molar-refractivity contribution is 0.00550. The quantitative estimate of drug-likeness (QED) is 0.557. The molecule has 1 fully saturated rings. The smallest absolute Gasteiger partial charge is 0.218 e. The van der Waals surface area contributed by atoms with Gasteiger partial charge < -0.3 is 14.6 Å². The number of aryl methyl sites for hydroxylation is 1. The summed E-state index contributed by atoms with van der Waals surface area (Å²) in [5, 5.41) is 12.0. The molecule has 4 rings (SSSR count). The minimum absolute atomic E-state index is 0.446. The van der Waals surface area contributed by atoms with Gasteiger partial charge in [-0.2, -0.15) is 0 Å². The molecule has 2 aromatic carbocycles. The van der Waals surface area contributed by atoms with E-state index >= 15 is 0 Å². The monoisotopic (exact) mass is 435 g/mol. The zero-order valence-electron chi connectivity index (χ0n) is 19.0. The summed E-state index contributed by atoms with van der Waals surface area (Å²) in [6, 6.07) is 18.8. The number of benzene rings is 2. The summed E-state index contributed by atoms with van der Waals surface area (Å²) in [5.74, 6) is 0.639. The third-order valence-corrected chi connectivity index (χ3v) is 5.92. The van der Waals surface area contributed by atoms with Crippen LogP contribution in [0.3, 0.4) is 0 Å². The van der Waals surface area contributed by atoms with Crippen molar-refractivity contribution in [1.82, 2.24) is 14.8 Å². The maximum absolute atomic E-state index is 10.9. The molecule has 0 saturated carbocycles. The third kappa shape index (κ3) is 6.04. The highest BCUT2D eigenvalue weighted by atomic mass is 16.5. The second-order valence-electron chi connectivity index (χ2n) is 8.57. The lowest BCUT2D eigenvalue weighted by Gasteiger charge is -2.31. The summed E-state index contributed by atoms with van der Waals surface area (Å²) in [6.45, 7) is 7.93. The average molecular weight is 436 g/mol. The molecule has 2 heterocycles. The number of morpholine rings is 1. The summed E-state index contributed by atoms with van der Waals surface area (Å²) in [4.78, 5) is 9.26. The predicted molar refractivity (Wildman–Crippen MR) is 127 cm³/mol. The van der Waals surface area contributed by atoms with Crippen LogP contribution in [0.5, 0.6) is 5.88 Å². The highest BCUT2D eigenvalue weighted by molar-refractivity contribution is 5.80. The highest BCUT2D eigenvalue weighted by Crippen LogP contribution is 2.24. The first-order valence-electron chi connectivity index (χ1n) is 11.3. The van der Waals surface area contributed by atoms with Gasteiger partial charge in [-0.1, -0.05) is 48.0 Å². The van der Waals surface area contributed by atoms with E-state index in [0.717, 1.165) is 49.3 Å². The number of aliphatic hydroxyl groups is 1. The van der Waals surface area contributed by atoms with Gasteiger partial charge in [0.25, 0.3) is 0 Å². The molecule has 0 aliphatic carbocycles. The topological polar surface area (TPSA) is 58.1 Å². The van der Waals surface area contributed by atoms with Crippen molar-refractivity contribution in [3.63, 3.8) is 0 Å². The van der Waals surface area contributed by atoms with Gasteiger partial charge in [-0.05, 0) is 24.6 Å². The maximum Gasteiger partial charge on any atom is 0.218 e. The number of aliphatic hydroxyl groups excluding tert-OH is 1. The molecule has 1 atom stereocenters. The van der Waals surface area contributed by atoms with Gasteiger partial charge in [0.15, 0.2) is 0 Å². The van der Waals surface area contributed by atoms with Gasteiger partial charge in [-0.3, -0.25) is 9.80 Å². The van der Waals surface area contributed by atoms with E-state index in [1.54, 1.807) is 7.11 Å². The highest BCUT2D eigenvalue weighted by Gasteiger charge is 2.20. The van der Waals surface area contributed by atoms with Gasteiger partial charge in [0.05, 0.1) is 31.9 Å². The summed E-state index contributed by atoms with van der Waals surface area (Å²) < 4.78 is 11.1. The molecule has 170 valence electrons. The van der Waals surface area contributed by atoms with Crippen LogP contribution in [0, 0.1) is 6.92 Å². The van der Waals surface area contributed by atoms with Crippen molar-refractivity contribution in [1.29, 1.82) is 0 Å². The number of hydrogen-bond acceptors (Lipinski definition) is 6. The molecule has 6 nitrogen and oxygen atoms in total. The van der Waals surface area contributed by atoms with Gasteiger partial charge in [0, 0.05) is 50.2 Å². The lowest BCUT2D eigenvalue weighted by atomic mass is 10.1. The number of aromatic nitrogens is 1. The minimum Gasteiger partial charge on any atom is -0.481 e. The first-order valence-corrected chi connectivity index (χ1v) is 11.3. The van der Waals surface area contributed by atoms with Crippen molar-refractivity contribution >= 4 is 10.9 Å². The zero-order chi connectivity index (χ0) is 22.3. The first kappa shape index (κ1) is 22.7. The van der Waals surface area contributed by atoms with Crippen molar-refractivity contribution in [2.45, 2.75) is 26.1 Å². The van der Waals surface area contributed by atoms with Crippen molar-refractivity contribution < 1.29 is 14.6 Å². The van der Waals surface area contributed by atoms with Gasteiger partial charge >= 0.3 is 0 Å². The predicted octanol–water partition coefficient (Wildman–Crippen LogP) is 3.25. The number of nitrogens with zero attached hydrogens (tertiary/aromatic N) is 3. The van der Waals surface area contributed by atoms with Crippen LogP contribution in [0.1, 0.15) is 16.7 Å². The Bertz CT molecular complexity index is 1000. The fourth-order valence-corrected chi connectivity index (χ4v) is 4.25. The fourth-order valence-electron chi connectivity index (χ4n) is 4.25. The minimum atomic E-state index is -0.446. The number of fused-ring (bicyclic) bond motifs is 1. The Morgan fingerprint density at radius 1 is 1.09 bits per heavy atom. The zero-order valence-corrected chi connectivity index (χ0v) is 19.0. The standard InChI is InChI=1S/C26H33N3O3/c1-20-7-9-21(10-8-20)16-29(19-24(30)18-28-11-13-32-14-12-28)17-23-15-22-5-3-4-6-25(22)27-26(23)31-2/h3-10,15,24,30H,11-14,16-19H2,1-2H3. The largest absolute Gasteiger partial charge is 0.481 e. The van der Waals surface area contributed by atoms with E-state index in [1.807, 2.05) is 18.2 Å². The molecule has 1 aliphatic heterocycles. The molecule has 1 unspecified atom stereocenters. The molecule has 0 amide bonds. The van der Waals surface area contributed by atoms with Crippen LogP contribution in [-0.2, 0) is 17.8 Å². The van der Waals surface area contributed by atoms with E-state index < -0.39 is 6.10 Å². The third-order valence-electron chi connectivity index (χ3n) is 5.92. The summed E-state index contributed by atoms with van der Waals surface area (Å²) in [6.07, 6.45) is -0.446. The van der Waals surface area contributed by atoms with Crippen LogP contribution in [-0.4, -0.2) is 72.5 Å². The molecule has 1 N–H and O–H groups in total. The number of para-hydroxylation sites is 1. The number of pyridine rings is 1. The van der Waals surface area contributed by atoms with Crippen molar-refractivity contribution in [2.24, 2.45) is 0 Å². The number of β-amino-alcohol motifs (C(OH)–C–C–N with tert-alkyl or cyclic N) is 1. The SMILES string of the molecule is COc1nc2ccccc2cc1CN(Cc1ccc(C)cc1)CC(O)CN1CCOCC1. The van der Waals surface area contributed by atoms with Crippen molar-refractivity contribution in [3.05, 3.63) is 71.3 Å². The Hall–Kier alpha value is -2.51. The van der Waals surface area contributed by atoms with Crippen LogP contribution in [0.25, 0.3) is 10.9 Å². The van der Waals surface area contributed by atoms with E-state index in [0.29, 0.717) is 25.5 Å². The number of hydrogen-bond donors (Lipinski definition) is 1. The molecular formula is C26H33N3O3. The normalized spacial score (nSPS) is 15.9. The Kier molecular flexibility index (Phi) is 7.71.